The average Bonchev–Trinajstić information content (AvgIpc) is 3.33. The Kier molecular flexibility index (Phi) is 6.26. The van der Waals surface area contributed by atoms with E-state index in [4.69, 9.17) is 4.74 Å². The molecule has 6 nitrogen and oxygen atoms in total. The number of ether oxygens (including phenoxy) is 1. The summed E-state index contributed by atoms with van der Waals surface area (Å²) in [6.45, 7) is 4.14. The molecule has 4 aromatic rings. The molecule has 0 saturated heterocycles. The van der Waals surface area contributed by atoms with Crippen molar-refractivity contribution in [1.82, 2.24) is 0 Å². The number of aryl methyl sites for hydroxylation is 3. The van der Waals surface area contributed by atoms with Crippen molar-refractivity contribution < 1.29 is 27.4 Å². The summed E-state index contributed by atoms with van der Waals surface area (Å²) in [4.78, 5) is 0. The van der Waals surface area contributed by atoms with Gasteiger partial charge >= 0.3 is 0 Å². The third kappa shape index (κ3) is 4.52. The van der Waals surface area contributed by atoms with Crippen LogP contribution < -0.4 is 9.30 Å². The monoisotopic (exact) mass is 489 g/mol. The first-order valence-electron chi connectivity index (χ1n) is 10.0. The molecular weight excluding hydrogens is 466 g/mol. The second kappa shape index (κ2) is 8.82. The molecule has 0 spiro atoms. The van der Waals surface area contributed by atoms with Crippen LogP contribution in [-0.2, 0) is 16.7 Å². The summed E-state index contributed by atoms with van der Waals surface area (Å²) in [5.74, 6) is 0.690. The first kappa shape index (κ1) is 22.7. The van der Waals surface area contributed by atoms with Crippen LogP contribution in [-0.4, -0.2) is 30.9 Å². The van der Waals surface area contributed by atoms with Crippen LogP contribution in [0.25, 0.3) is 32.5 Å². The second-order valence-corrected chi connectivity index (χ2v) is 11.1. The quantitative estimate of drug-likeness (QED) is 0.296. The third-order valence-electron chi connectivity index (χ3n) is 5.32. The van der Waals surface area contributed by atoms with Crippen molar-refractivity contribution in [3.8, 4) is 11.5 Å². The van der Waals surface area contributed by atoms with E-state index in [2.05, 4.69) is 4.57 Å². The molecule has 2 aromatic heterocycles. The summed E-state index contributed by atoms with van der Waals surface area (Å²) in [5.41, 5.74) is 3.59. The molecule has 168 valence electrons. The zero-order valence-electron chi connectivity index (χ0n) is 17.9. The van der Waals surface area contributed by atoms with Crippen molar-refractivity contribution in [2.45, 2.75) is 26.8 Å². The van der Waals surface area contributed by atoms with Gasteiger partial charge in [0.15, 0.2) is 6.54 Å². The van der Waals surface area contributed by atoms with E-state index < -0.39 is 15.9 Å². The molecule has 0 bridgehead atoms. The number of hydrogen-bond donors (Lipinski definition) is 1. The van der Waals surface area contributed by atoms with Gasteiger partial charge in [0.1, 0.15) is 20.9 Å². The molecule has 0 amide bonds. The van der Waals surface area contributed by atoms with Gasteiger partial charge in [-0.1, -0.05) is 11.3 Å². The minimum atomic E-state index is -4.27. The zero-order chi connectivity index (χ0) is 23.0. The molecule has 1 N–H and O–H groups in total. The van der Waals surface area contributed by atoms with E-state index in [9.17, 15) is 18.1 Å². The number of thiophene rings is 1. The van der Waals surface area contributed by atoms with E-state index in [0.29, 0.717) is 12.3 Å². The van der Waals surface area contributed by atoms with E-state index in [1.54, 1.807) is 29.8 Å². The van der Waals surface area contributed by atoms with Crippen LogP contribution >= 0.6 is 22.7 Å². The number of nitrogens with zero attached hydrogens (tertiary/aromatic N) is 1. The largest absolute Gasteiger partial charge is 0.748 e. The first-order chi connectivity index (χ1) is 15.2. The van der Waals surface area contributed by atoms with E-state index in [1.807, 2.05) is 55.6 Å². The third-order valence-corrected chi connectivity index (χ3v) is 8.13. The molecule has 0 radical (unpaired) electrons. The number of rotatable bonds is 7. The van der Waals surface area contributed by atoms with Gasteiger partial charge in [0.2, 0.25) is 5.52 Å². The fourth-order valence-electron chi connectivity index (χ4n) is 3.84. The molecule has 0 atom stereocenters. The van der Waals surface area contributed by atoms with E-state index >= 15 is 0 Å². The van der Waals surface area contributed by atoms with Crippen molar-refractivity contribution in [2.24, 2.45) is 0 Å². The van der Waals surface area contributed by atoms with Crippen molar-refractivity contribution in [3.63, 3.8) is 0 Å². The Morgan fingerprint density at radius 1 is 1.19 bits per heavy atom. The standard InChI is InChI=1S/C23H23NO5S3/c1-14-11-16(12-15(2)22(14)25)5-6-20-24(8-4-10-32(26,27)28)21-19(31-20)13-18(29-3)17-7-9-30-23(17)21/h5-7,9,11-13H,4,8,10H2,1-3H3,(H,26,27,28). The van der Waals surface area contributed by atoms with Crippen molar-refractivity contribution >= 4 is 65.2 Å². The summed E-state index contributed by atoms with van der Waals surface area (Å²) in [7, 11) is -2.63. The normalized spacial score (nSPS) is 12.4. The Hall–Kier alpha value is -2.46. The number of hydrogen-bond acceptors (Lipinski definition) is 7. The van der Waals surface area contributed by atoms with Crippen molar-refractivity contribution in [3.05, 3.63) is 51.3 Å². The summed E-state index contributed by atoms with van der Waals surface area (Å²) in [5, 5.41) is 14.0. The molecule has 9 heteroatoms. The summed E-state index contributed by atoms with van der Waals surface area (Å²) in [6, 6.07) is 7.85. The SMILES string of the molecule is COc1cc2sc(/C=C/c3cc(C)c(O)c(C)c3)[n+](CCCS(=O)(=O)[O-])c2c2sccc12. The molecule has 2 heterocycles. The molecule has 0 unspecified atom stereocenters. The van der Waals surface area contributed by atoms with Gasteiger partial charge in [-0.3, -0.25) is 0 Å². The lowest BCUT2D eigenvalue weighted by molar-refractivity contribution is -0.667. The molecule has 0 aliphatic rings. The molecule has 0 fully saturated rings. The number of methoxy groups -OCH3 is 1. The molecule has 2 aromatic carbocycles. The van der Waals surface area contributed by atoms with Gasteiger partial charge in [0.05, 0.1) is 17.2 Å². The van der Waals surface area contributed by atoms with Crippen LogP contribution in [0.15, 0.2) is 29.6 Å². The number of phenols is 1. The van der Waals surface area contributed by atoms with E-state index in [-0.39, 0.29) is 6.42 Å². The predicted molar refractivity (Wildman–Crippen MR) is 130 cm³/mol. The fraction of sp³-hybridized carbons (Fsp3) is 0.261. The number of aromatic nitrogens is 1. The van der Waals surface area contributed by atoms with E-state index in [0.717, 1.165) is 47.8 Å². The van der Waals surface area contributed by atoms with Gasteiger partial charge in [0.25, 0.3) is 5.01 Å². The lowest BCUT2D eigenvalue weighted by Gasteiger charge is -2.05. The summed E-state index contributed by atoms with van der Waals surface area (Å²) < 4.78 is 43.2. The molecule has 4 rings (SSSR count). The molecular formula is C23H23NO5S3. The number of thiazole rings is 1. The topological polar surface area (TPSA) is 90.5 Å². The minimum Gasteiger partial charge on any atom is -0.748 e. The Labute approximate surface area is 194 Å². The van der Waals surface area contributed by atoms with Crippen LogP contribution in [0, 0.1) is 13.8 Å². The van der Waals surface area contributed by atoms with Gasteiger partial charge in [-0.15, -0.1) is 11.3 Å². The van der Waals surface area contributed by atoms with E-state index in [1.165, 1.54) is 0 Å². The molecule has 32 heavy (non-hydrogen) atoms. The van der Waals surface area contributed by atoms with Crippen LogP contribution in [0.2, 0.25) is 0 Å². The smallest absolute Gasteiger partial charge is 0.262 e. The maximum Gasteiger partial charge on any atom is 0.262 e. The lowest BCUT2D eigenvalue weighted by atomic mass is 10.1. The first-order valence-corrected chi connectivity index (χ1v) is 13.3. The van der Waals surface area contributed by atoms with Gasteiger partial charge in [-0.2, -0.15) is 4.57 Å². The maximum atomic E-state index is 11.2. The molecule has 0 saturated carbocycles. The average molecular weight is 490 g/mol. The highest BCUT2D eigenvalue weighted by molar-refractivity contribution is 7.85. The number of aromatic hydroxyl groups is 1. The number of fused-ring (bicyclic) bond motifs is 3. The maximum absolute atomic E-state index is 11.2. The van der Waals surface area contributed by atoms with Gasteiger partial charge in [-0.05, 0) is 60.2 Å². The predicted octanol–water partition coefficient (Wildman–Crippen LogP) is 4.84. The minimum absolute atomic E-state index is 0.236. The zero-order valence-corrected chi connectivity index (χ0v) is 20.4. The Morgan fingerprint density at radius 2 is 1.91 bits per heavy atom. The Balaban J connectivity index is 1.84. The Bertz CT molecular complexity index is 1420. The molecule has 0 aliphatic heterocycles. The Morgan fingerprint density at radius 3 is 2.56 bits per heavy atom. The lowest BCUT2D eigenvalue weighted by Crippen LogP contribution is -2.36. The second-order valence-electron chi connectivity index (χ2n) is 7.63. The summed E-state index contributed by atoms with van der Waals surface area (Å²) in [6.07, 6.45) is 4.21. The fourth-order valence-corrected chi connectivity index (χ4v) is 6.49. The highest BCUT2D eigenvalue weighted by Crippen LogP contribution is 2.38. The van der Waals surface area contributed by atoms with Crippen molar-refractivity contribution in [2.75, 3.05) is 12.9 Å². The number of phenolic OH excluding ortho intramolecular Hbond substituents is 1. The van der Waals surface area contributed by atoms with Crippen LogP contribution in [0.3, 0.4) is 0 Å². The highest BCUT2D eigenvalue weighted by atomic mass is 32.2. The molecule has 0 aliphatic carbocycles. The summed E-state index contributed by atoms with van der Waals surface area (Å²) >= 11 is 3.19. The van der Waals surface area contributed by atoms with Gasteiger partial charge < -0.3 is 14.4 Å². The van der Waals surface area contributed by atoms with Crippen LogP contribution in [0.5, 0.6) is 11.5 Å². The number of benzene rings is 2. The van der Waals surface area contributed by atoms with Gasteiger partial charge in [0, 0.05) is 29.7 Å². The van der Waals surface area contributed by atoms with Gasteiger partial charge in [-0.25, -0.2) is 8.42 Å². The van der Waals surface area contributed by atoms with Crippen LogP contribution in [0.4, 0.5) is 0 Å². The van der Waals surface area contributed by atoms with Crippen molar-refractivity contribution in [1.29, 1.82) is 0 Å². The van der Waals surface area contributed by atoms with Crippen LogP contribution in [0.1, 0.15) is 28.1 Å². The highest BCUT2D eigenvalue weighted by Gasteiger charge is 2.24.